The molecule has 23 heavy (non-hydrogen) atoms. The van der Waals surface area contributed by atoms with Gasteiger partial charge >= 0.3 is 0 Å². The number of halogens is 1. The molecule has 0 fully saturated rings. The van der Waals surface area contributed by atoms with Crippen LogP contribution in [0, 0.1) is 19.7 Å². The van der Waals surface area contributed by atoms with Crippen molar-refractivity contribution >= 4 is 17.3 Å². The van der Waals surface area contributed by atoms with Gasteiger partial charge in [-0.2, -0.15) is 4.98 Å². The zero-order chi connectivity index (χ0) is 16.2. The molecule has 0 bridgehead atoms. The van der Waals surface area contributed by atoms with E-state index in [1.165, 1.54) is 17.0 Å². The van der Waals surface area contributed by atoms with Gasteiger partial charge in [0.25, 0.3) is 0 Å². The third-order valence-corrected chi connectivity index (χ3v) is 4.21. The summed E-state index contributed by atoms with van der Waals surface area (Å²) in [6.07, 6.45) is 1.60. The summed E-state index contributed by atoms with van der Waals surface area (Å²) in [4.78, 5) is 14.1. The normalized spacial score (nSPS) is 10.6. The van der Waals surface area contributed by atoms with Gasteiger partial charge in [0.15, 0.2) is 0 Å². The molecular formula is C16H15FN4OS. The molecule has 0 aliphatic heterocycles. The average Bonchev–Trinajstić information content (AvgIpc) is 2.87. The number of hydrogen-bond acceptors (Lipinski definition) is 6. The predicted octanol–water partition coefficient (Wildman–Crippen LogP) is 4.09. The molecule has 0 saturated carbocycles. The van der Waals surface area contributed by atoms with E-state index in [4.69, 9.17) is 4.74 Å². The predicted molar refractivity (Wildman–Crippen MR) is 87.4 cm³/mol. The zero-order valence-corrected chi connectivity index (χ0v) is 13.5. The summed E-state index contributed by atoms with van der Waals surface area (Å²) in [6.45, 7) is 4.59. The Morgan fingerprint density at radius 1 is 1.13 bits per heavy atom. The Labute approximate surface area is 137 Å². The number of anilines is 1. The highest BCUT2D eigenvalue weighted by atomic mass is 32.1. The van der Waals surface area contributed by atoms with Crippen molar-refractivity contribution in [2.24, 2.45) is 0 Å². The van der Waals surface area contributed by atoms with Crippen LogP contribution in [-0.2, 0) is 6.54 Å². The van der Waals surface area contributed by atoms with E-state index in [1.807, 2.05) is 13.8 Å². The number of nitrogens with one attached hydrogen (secondary N) is 1. The molecule has 0 saturated heterocycles. The molecule has 2 aromatic heterocycles. The fraction of sp³-hybridized carbons (Fsp3) is 0.188. The Kier molecular flexibility index (Phi) is 4.47. The number of aryl methyl sites for hydroxylation is 2. The van der Waals surface area contributed by atoms with Crippen molar-refractivity contribution < 1.29 is 9.13 Å². The van der Waals surface area contributed by atoms with E-state index in [0.717, 1.165) is 10.7 Å². The highest BCUT2D eigenvalue weighted by Gasteiger charge is 2.06. The Morgan fingerprint density at radius 2 is 1.91 bits per heavy atom. The lowest BCUT2D eigenvalue weighted by molar-refractivity contribution is 0.460. The Balaban J connectivity index is 1.66. The van der Waals surface area contributed by atoms with Gasteiger partial charge in [-0.1, -0.05) is 0 Å². The largest absolute Gasteiger partial charge is 0.439 e. The molecule has 3 rings (SSSR count). The van der Waals surface area contributed by atoms with Crippen LogP contribution in [0.1, 0.15) is 15.6 Å². The molecule has 0 aliphatic rings. The van der Waals surface area contributed by atoms with E-state index in [2.05, 4.69) is 20.3 Å². The minimum absolute atomic E-state index is 0.309. The summed E-state index contributed by atoms with van der Waals surface area (Å²) in [7, 11) is 0. The first-order chi connectivity index (χ1) is 11.1. The van der Waals surface area contributed by atoms with Gasteiger partial charge in [-0.05, 0) is 38.1 Å². The first-order valence-corrected chi connectivity index (χ1v) is 7.85. The fourth-order valence-electron chi connectivity index (χ4n) is 1.88. The Bertz CT molecular complexity index is 785. The zero-order valence-electron chi connectivity index (χ0n) is 12.7. The molecule has 0 spiro atoms. The highest BCUT2D eigenvalue weighted by Crippen LogP contribution is 2.21. The van der Waals surface area contributed by atoms with Gasteiger partial charge in [0.1, 0.15) is 16.6 Å². The van der Waals surface area contributed by atoms with Crippen LogP contribution in [0.4, 0.5) is 10.3 Å². The average molecular weight is 330 g/mol. The van der Waals surface area contributed by atoms with Gasteiger partial charge in [0.2, 0.25) is 11.8 Å². The lowest BCUT2D eigenvalue weighted by Gasteiger charge is -2.06. The molecule has 2 heterocycles. The summed E-state index contributed by atoms with van der Waals surface area (Å²) in [5.74, 6) is 1.05. The van der Waals surface area contributed by atoms with Crippen LogP contribution in [0.3, 0.4) is 0 Å². The van der Waals surface area contributed by atoms with Crippen LogP contribution in [0.15, 0.2) is 36.5 Å². The maximum Gasteiger partial charge on any atom is 0.226 e. The summed E-state index contributed by atoms with van der Waals surface area (Å²) in [6, 6.07) is 7.41. The summed E-state index contributed by atoms with van der Waals surface area (Å²) in [5.41, 5.74) is 1.04. The van der Waals surface area contributed by atoms with Crippen molar-refractivity contribution in [3.8, 4) is 11.6 Å². The van der Waals surface area contributed by atoms with Gasteiger partial charge in [-0.3, -0.25) is 0 Å². The molecule has 0 atom stereocenters. The SMILES string of the molecule is Cc1nc(CNc2nccc(Oc3ccc(F)cc3)n2)sc1C. The molecule has 118 valence electrons. The van der Waals surface area contributed by atoms with Gasteiger partial charge in [0, 0.05) is 17.1 Å². The molecule has 3 aromatic rings. The molecule has 1 N–H and O–H groups in total. The van der Waals surface area contributed by atoms with E-state index in [1.54, 1.807) is 35.7 Å². The smallest absolute Gasteiger partial charge is 0.226 e. The minimum Gasteiger partial charge on any atom is -0.439 e. The Hall–Kier alpha value is -2.54. The third-order valence-electron chi connectivity index (χ3n) is 3.14. The summed E-state index contributed by atoms with van der Waals surface area (Å²) < 4.78 is 18.5. The standard InChI is InChI=1S/C16H15FN4OS/c1-10-11(2)23-15(20-10)9-19-16-18-8-7-14(21-16)22-13-5-3-12(17)4-6-13/h3-8H,9H2,1-2H3,(H,18,19,21). The van der Waals surface area contributed by atoms with E-state index in [0.29, 0.717) is 24.1 Å². The quantitative estimate of drug-likeness (QED) is 0.763. The van der Waals surface area contributed by atoms with Crippen molar-refractivity contribution in [2.75, 3.05) is 5.32 Å². The molecule has 0 unspecified atom stereocenters. The van der Waals surface area contributed by atoms with Crippen molar-refractivity contribution in [3.63, 3.8) is 0 Å². The van der Waals surface area contributed by atoms with Crippen LogP contribution < -0.4 is 10.1 Å². The maximum atomic E-state index is 12.9. The number of benzene rings is 1. The fourth-order valence-corrected chi connectivity index (χ4v) is 2.75. The number of rotatable bonds is 5. The molecule has 0 radical (unpaired) electrons. The van der Waals surface area contributed by atoms with Crippen LogP contribution in [0.2, 0.25) is 0 Å². The highest BCUT2D eigenvalue weighted by molar-refractivity contribution is 7.11. The van der Waals surface area contributed by atoms with Crippen molar-refractivity contribution in [1.29, 1.82) is 0 Å². The van der Waals surface area contributed by atoms with E-state index in [9.17, 15) is 4.39 Å². The monoisotopic (exact) mass is 330 g/mol. The van der Waals surface area contributed by atoms with Crippen LogP contribution in [0.5, 0.6) is 11.6 Å². The lowest BCUT2D eigenvalue weighted by Crippen LogP contribution is -2.03. The molecule has 1 aromatic carbocycles. The first-order valence-electron chi connectivity index (χ1n) is 7.03. The van der Waals surface area contributed by atoms with Gasteiger partial charge in [-0.25, -0.2) is 14.4 Å². The number of hydrogen-bond donors (Lipinski definition) is 1. The summed E-state index contributed by atoms with van der Waals surface area (Å²) in [5, 5.41) is 4.10. The second kappa shape index (κ2) is 6.70. The maximum absolute atomic E-state index is 12.9. The van der Waals surface area contributed by atoms with Crippen LogP contribution >= 0.6 is 11.3 Å². The van der Waals surface area contributed by atoms with E-state index in [-0.39, 0.29) is 5.82 Å². The molecule has 5 nitrogen and oxygen atoms in total. The number of nitrogens with zero attached hydrogens (tertiary/aromatic N) is 3. The molecular weight excluding hydrogens is 315 g/mol. The van der Waals surface area contributed by atoms with E-state index >= 15 is 0 Å². The molecule has 0 amide bonds. The van der Waals surface area contributed by atoms with E-state index < -0.39 is 0 Å². The van der Waals surface area contributed by atoms with Crippen molar-refractivity contribution in [1.82, 2.24) is 15.0 Å². The number of ether oxygens (including phenoxy) is 1. The minimum atomic E-state index is -0.309. The Morgan fingerprint density at radius 3 is 2.61 bits per heavy atom. The van der Waals surface area contributed by atoms with Gasteiger partial charge < -0.3 is 10.1 Å². The second-order valence-corrected chi connectivity index (χ2v) is 6.16. The van der Waals surface area contributed by atoms with Gasteiger partial charge in [-0.15, -0.1) is 11.3 Å². The topological polar surface area (TPSA) is 59.9 Å². The second-order valence-electron chi connectivity index (χ2n) is 4.88. The van der Waals surface area contributed by atoms with Crippen molar-refractivity contribution in [2.45, 2.75) is 20.4 Å². The summed E-state index contributed by atoms with van der Waals surface area (Å²) >= 11 is 1.65. The third kappa shape index (κ3) is 4.01. The van der Waals surface area contributed by atoms with Gasteiger partial charge in [0.05, 0.1) is 12.2 Å². The number of aromatic nitrogens is 3. The van der Waals surface area contributed by atoms with Crippen LogP contribution in [0.25, 0.3) is 0 Å². The van der Waals surface area contributed by atoms with Crippen molar-refractivity contribution in [3.05, 3.63) is 57.9 Å². The first kappa shape index (κ1) is 15.4. The lowest BCUT2D eigenvalue weighted by atomic mass is 10.3. The molecule has 0 aliphatic carbocycles. The molecule has 7 heteroatoms. The van der Waals surface area contributed by atoms with Crippen LogP contribution in [-0.4, -0.2) is 15.0 Å². The number of thiazole rings is 1.